The molecule has 0 spiro atoms. The summed E-state index contributed by atoms with van der Waals surface area (Å²) in [7, 11) is 0. The summed E-state index contributed by atoms with van der Waals surface area (Å²) in [6, 6.07) is 11.4. The van der Waals surface area contributed by atoms with Gasteiger partial charge in [0.15, 0.2) is 22.4 Å². The zero-order valence-corrected chi connectivity index (χ0v) is 14.6. The predicted molar refractivity (Wildman–Crippen MR) is 99.9 cm³/mol. The van der Waals surface area contributed by atoms with Crippen LogP contribution in [0.1, 0.15) is 0 Å². The number of furan rings is 1. The van der Waals surface area contributed by atoms with Gasteiger partial charge in [-0.05, 0) is 24.3 Å². The van der Waals surface area contributed by atoms with Gasteiger partial charge in [0.05, 0.1) is 17.5 Å². The topological polar surface area (TPSA) is 85.3 Å². The smallest absolute Gasteiger partial charge is 0.230 e. The molecule has 26 heavy (non-hydrogen) atoms. The third-order valence-electron chi connectivity index (χ3n) is 3.73. The molecule has 0 unspecified atom stereocenters. The first-order chi connectivity index (χ1) is 12.8. The molecule has 4 aromatic rings. The van der Waals surface area contributed by atoms with E-state index in [-0.39, 0.29) is 11.7 Å². The lowest BCUT2D eigenvalue weighted by molar-refractivity contribution is -0.118. The fraction of sp³-hybridized carbons (Fsp3) is 0.111. The second-order valence-corrected chi connectivity index (χ2v) is 6.40. The molecule has 0 aliphatic heterocycles. The summed E-state index contributed by atoms with van der Waals surface area (Å²) < 4.78 is 7.37. The van der Waals surface area contributed by atoms with Gasteiger partial charge in [-0.15, -0.1) is 16.8 Å². The second kappa shape index (κ2) is 7.01. The lowest BCUT2D eigenvalue weighted by atomic mass is 10.2. The van der Waals surface area contributed by atoms with Crippen LogP contribution in [0.2, 0.25) is 0 Å². The average Bonchev–Trinajstić information content (AvgIpc) is 3.34. The minimum absolute atomic E-state index is 0.0973. The molecule has 3 heterocycles. The number of para-hydroxylation sites is 1. The minimum Gasteiger partial charge on any atom is -0.461 e. The molecule has 0 saturated heterocycles. The largest absolute Gasteiger partial charge is 0.461 e. The van der Waals surface area contributed by atoms with Gasteiger partial charge in [0, 0.05) is 11.9 Å². The molecule has 7 nitrogen and oxygen atoms in total. The monoisotopic (exact) mass is 365 g/mol. The summed E-state index contributed by atoms with van der Waals surface area (Å²) >= 11 is 1.30. The van der Waals surface area contributed by atoms with Crippen molar-refractivity contribution in [3.63, 3.8) is 0 Å². The van der Waals surface area contributed by atoms with Gasteiger partial charge in [-0.25, -0.2) is 4.98 Å². The Bertz CT molecular complexity index is 1090. The summed E-state index contributed by atoms with van der Waals surface area (Å²) in [6.45, 7) is 4.02. The molecule has 1 amide bonds. The van der Waals surface area contributed by atoms with Crippen LogP contribution in [0.4, 0.5) is 0 Å². The van der Waals surface area contributed by atoms with Crippen LogP contribution in [-0.2, 0) is 4.79 Å². The number of aromatic nitrogens is 4. The van der Waals surface area contributed by atoms with Crippen molar-refractivity contribution >= 4 is 34.2 Å². The van der Waals surface area contributed by atoms with E-state index in [1.54, 1.807) is 18.4 Å². The number of benzene rings is 1. The highest BCUT2D eigenvalue weighted by Crippen LogP contribution is 2.29. The molecule has 4 rings (SSSR count). The number of amides is 1. The highest BCUT2D eigenvalue weighted by molar-refractivity contribution is 7.99. The first kappa shape index (κ1) is 16.3. The van der Waals surface area contributed by atoms with Crippen molar-refractivity contribution in [2.75, 3.05) is 12.3 Å². The van der Waals surface area contributed by atoms with Crippen molar-refractivity contribution in [2.45, 2.75) is 5.16 Å². The molecule has 8 heteroatoms. The molecule has 0 fully saturated rings. The van der Waals surface area contributed by atoms with E-state index >= 15 is 0 Å². The van der Waals surface area contributed by atoms with E-state index < -0.39 is 0 Å². The van der Waals surface area contributed by atoms with Crippen LogP contribution in [0.5, 0.6) is 0 Å². The van der Waals surface area contributed by atoms with E-state index in [0.717, 1.165) is 10.9 Å². The van der Waals surface area contributed by atoms with Crippen molar-refractivity contribution in [3.8, 4) is 11.6 Å². The maximum Gasteiger partial charge on any atom is 0.230 e. The minimum atomic E-state index is -0.0973. The Labute approximate surface area is 153 Å². The first-order valence-electron chi connectivity index (χ1n) is 7.96. The van der Waals surface area contributed by atoms with Gasteiger partial charge in [-0.3, -0.25) is 9.20 Å². The summed E-state index contributed by atoms with van der Waals surface area (Å²) in [5.41, 5.74) is 1.48. The second-order valence-electron chi connectivity index (χ2n) is 5.45. The Kier molecular flexibility index (Phi) is 4.40. The van der Waals surface area contributed by atoms with Gasteiger partial charge in [0.2, 0.25) is 5.91 Å². The van der Waals surface area contributed by atoms with E-state index in [2.05, 4.69) is 22.1 Å². The molecule has 0 radical (unpaired) electrons. The van der Waals surface area contributed by atoms with Crippen LogP contribution >= 0.6 is 11.8 Å². The average molecular weight is 365 g/mol. The van der Waals surface area contributed by atoms with Gasteiger partial charge in [0.1, 0.15) is 0 Å². The number of nitrogens with zero attached hydrogens (tertiary/aromatic N) is 4. The van der Waals surface area contributed by atoms with Crippen LogP contribution in [0, 0.1) is 0 Å². The fourth-order valence-electron chi connectivity index (χ4n) is 2.59. The highest BCUT2D eigenvalue weighted by atomic mass is 32.2. The molecule has 1 aromatic carbocycles. The van der Waals surface area contributed by atoms with Gasteiger partial charge in [-0.1, -0.05) is 30.0 Å². The summed E-state index contributed by atoms with van der Waals surface area (Å²) in [4.78, 5) is 16.6. The number of nitrogens with one attached hydrogen (secondary N) is 1. The quantitative estimate of drug-likeness (QED) is 0.418. The molecule has 1 N–H and O–H groups in total. The van der Waals surface area contributed by atoms with Gasteiger partial charge >= 0.3 is 0 Å². The molecule has 3 aromatic heterocycles. The Morgan fingerprint density at radius 3 is 2.96 bits per heavy atom. The van der Waals surface area contributed by atoms with Crippen molar-refractivity contribution in [1.82, 2.24) is 24.9 Å². The van der Waals surface area contributed by atoms with Crippen molar-refractivity contribution in [2.24, 2.45) is 0 Å². The molecule has 0 aliphatic carbocycles. The van der Waals surface area contributed by atoms with E-state index in [9.17, 15) is 4.79 Å². The van der Waals surface area contributed by atoms with Crippen LogP contribution in [0.15, 0.2) is 64.9 Å². The van der Waals surface area contributed by atoms with Gasteiger partial charge < -0.3 is 9.73 Å². The van der Waals surface area contributed by atoms with E-state index in [0.29, 0.717) is 28.9 Å². The Morgan fingerprint density at radius 2 is 2.15 bits per heavy atom. The Morgan fingerprint density at radius 1 is 1.27 bits per heavy atom. The maximum atomic E-state index is 11.9. The Hall–Kier alpha value is -3.13. The lowest BCUT2D eigenvalue weighted by Crippen LogP contribution is -2.25. The normalized spacial score (nSPS) is 11.1. The summed E-state index contributed by atoms with van der Waals surface area (Å²) in [6.07, 6.45) is 3.23. The molecular weight excluding hydrogens is 350 g/mol. The molecule has 130 valence electrons. The van der Waals surface area contributed by atoms with Crippen LogP contribution in [-0.4, -0.2) is 37.8 Å². The number of hydrogen-bond donors (Lipinski definition) is 1. The van der Waals surface area contributed by atoms with Gasteiger partial charge in [-0.2, -0.15) is 0 Å². The fourth-order valence-corrected chi connectivity index (χ4v) is 3.35. The first-order valence-corrected chi connectivity index (χ1v) is 8.94. The van der Waals surface area contributed by atoms with Crippen LogP contribution in [0.25, 0.3) is 28.1 Å². The SMILES string of the molecule is C=CCNC(=O)CSc1nnc2c3ccccc3nc(-c3ccco3)n12. The van der Waals surface area contributed by atoms with Crippen molar-refractivity contribution in [1.29, 1.82) is 0 Å². The predicted octanol–water partition coefficient (Wildman–Crippen LogP) is 2.93. The van der Waals surface area contributed by atoms with Crippen LogP contribution in [0.3, 0.4) is 0 Å². The number of carbonyl (C=O) groups excluding carboxylic acids is 1. The third kappa shape index (κ3) is 2.95. The number of carbonyl (C=O) groups is 1. The lowest BCUT2D eigenvalue weighted by Gasteiger charge is -2.07. The van der Waals surface area contributed by atoms with Crippen molar-refractivity contribution in [3.05, 3.63) is 55.3 Å². The number of fused-ring (bicyclic) bond motifs is 3. The zero-order valence-electron chi connectivity index (χ0n) is 13.8. The summed E-state index contributed by atoms with van der Waals surface area (Å²) in [5, 5.41) is 12.8. The standard InChI is InChI=1S/C18H15N5O2S/c1-2-9-19-15(24)11-26-18-22-21-16-12-6-3-4-7-13(12)20-17(23(16)18)14-8-5-10-25-14/h2-8,10H,1,9,11H2,(H,19,24). The van der Waals surface area contributed by atoms with Crippen LogP contribution < -0.4 is 5.32 Å². The third-order valence-corrected chi connectivity index (χ3v) is 4.66. The number of hydrogen-bond acceptors (Lipinski definition) is 6. The van der Waals surface area contributed by atoms with Crippen molar-refractivity contribution < 1.29 is 9.21 Å². The molecule has 0 saturated carbocycles. The van der Waals surface area contributed by atoms with E-state index in [1.165, 1.54) is 11.8 Å². The summed E-state index contributed by atoms with van der Waals surface area (Å²) in [5.74, 6) is 1.33. The Balaban J connectivity index is 1.81. The molecule has 0 atom stereocenters. The van der Waals surface area contributed by atoms with E-state index in [4.69, 9.17) is 9.40 Å². The number of thioether (sulfide) groups is 1. The number of rotatable bonds is 6. The zero-order chi connectivity index (χ0) is 17.9. The highest BCUT2D eigenvalue weighted by Gasteiger charge is 2.18. The molecule has 0 aliphatic rings. The van der Waals surface area contributed by atoms with Gasteiger partial charge in [0.25, 0.3) is 0 Å². The maximum absolute atomic E-state index is 11.9. The van der Waals surface area contributed by atoms with E-state index in [1.807, 2.05) is 34.7 Å². The molecular formula is C18H15N5O2S. The molecule has 0 bridgehead atoms.